The van der Waals surface area contributed by atoms with Crippen LogP contribution < -0.4 is 10.1 Å². The lowest BCUT2D eigenvalue weighted by atomic mass is 10.1. The second kappa shape index (κ2) is 7.72. The van der Waals surface area contributed by atoms with Gasteiger partial charge in [0, 0.05) is 15.4 Å². The molecule has 1 heterocycles. The van der Waals surface area contributed by atoms with Gasteiger partial charge in [-0.15, -0.1) is 11.3 Å². The highest BCUT2D eigenvalue weighted by molar-refractivity contribution is 9.10. The fourth-order valence-corrected chi connectivity index (χ4v) is 3.68. The van der Waals surface area contributed by atoms with Gasteiger partial charge in [0.25, 0.3) is 5.91 Å². The molecule has 2 N–H and O–H groups in total. The summed E-state index contributed by atoms with van der Waals surface area (Å²) in [6, 6.07) is 13.9. The minimum atomic E-state index is -1.09. The first-order valence-electron chi connectivity index (χ1n) is 7.55. The first-order chi connectivity index (χ1) is 12.5. The number of carboxylic acids is 1. The van der Waals surface area contributed by atoms with Gasteiger partial charge in [-0.1, -0.05) is 28.1 Å². The normalized spacial score (nSPS) is 10.4. The van der Waals surface area contributed by atoms with Crippen LogP contribution in [0.25, 0.3) is 10.4 Å². The summed E-state index contributed by atoms with van der Waals surface area (Å²) in [6.45, 7) is 0. The maximum Gasteiger partial charge on any atom is 0.339 e. The molecule has 0 aliphatic heterocycles. The van der Waals surface area contributed by atoms with Crippen LogP contribution in [0, 0.1) is 0 Å². The van der Waals surface area contributed by atoms with Crippen molar-refractivity contribution in [3.8, 4) is 16.2 Å². The molecule has 0 unspecified atom stereocenters. The Bertz CT molecular complexity index is 949. The van der Waals surface area contributed by atoms with E-state index < -0.39 is 5.97 Å². The molecule has 0 bridgehead atoms. The van der Waals surface area contributed by atoms with Crippen molar-refractivity contribution in [2.75, 3.05) is 12.4 Å². The van der Waals surface area contributed by atoms with Crippen LogP contribution in [0.3, 0.4) is 0 Å². The second-order valence-corrected chi connectivity index (χ2v) is 7.14. The van der Waals surface area contributed by atoms with Crippen molar-refractivity contribution in [2.45, 2.75) is 0 Å². The molecule has 0 aliphatic carbocycles. The third-order valence-corrected chi connectivity index (χ3v) is 5.27. The topological polar surface area (TPSA) is 75.6 Å². The van der Waals surface area contributed by atoms with Gasteiger partial charge < -0.3 is 15.2 Å². The summed E-state index contributed by atoms with van der Waals surface area (Å²) in [6.07, 6.45) is 0. The molecule has 3 rings (SSSR count). The molecule has 1 amide bonds. The zero-order chi connectivity index (χ0) is 18.7. The Labute approximate surface area is 162 Å². The summed E-state index contributed by atoms with van der Waals surface area (Å²) in [7, 11) is 1.54. The Morgan fingerprint density at radius 3 is 2.31 bits per heavy atom. The molecule has 7 heteroatoms. The maximum absolute atomic E-state index is 12.4. The zero-order valence-electron chi connectivity index (χ0n) is 13.7. The molecule has 26 heavy (non-hydrogen) atoms. The van der Waals surface area contributed by atoms with E-state index in [-0.39, 0.29) is 17.2 Å². The Hall–Kier alpha value is -2.64. The number of hydrogen-bond donors (Lipinski definition) is 2. The van der Waals surface area contributed by atoms with E-state index in [4.69, 9.17) is 4.74 Å². The summed E-state index contributed by atoms with van der Waals surface area (Å²) in [5, 5.41) is 14.0. The number of amides is 1. The molecular formula is C19H14BrNO4S. The van der Waals surface area contributed by atoms with E-state index >= 15 is 0 Å². The zero-order valence-corrected chi connectivity index (χ0v) is 16.1. The van der Waals surface area contributed by atoms with Gasteiger partial charge >= 0.3 is 5.97 Å². The predicted molar refractivity (Wildman–Crippen MR) is 105 cm³/mol. The predicted octanol–water partition coefficient (Wildman–Crippen LogP) is 5.14. The van der Waals surface area contributed by atoms with Crippen LogP contribution in [0.5, 0.6) is 5.75 Å². The average Bonchev–Trinajstić information content (AvgIpc) is 3.06. The van der Waals surface area contributed by atoms with Crippen LogP contribution in [-0.2, 0) is 0 Å². The minimum Gasteiger partial charge on any atom is -0.497 e. The van der Waals surface area contributed by atoms with E-state index in [0.717, 1.165) is 10.0 Å². The number of benzene rings is 2. The number of aromatic carboxylic acids is 1. The number of rotatable bonds is 5. The molecule has 0 fully saturated rings. The molecule has 1 aromatic heterocycles. The van der Waals surface area contributed by atoms with Gasteiger partial charge in [0.2, 0.25) is 0 Å². The Balaban J connectivity index is 1.91. The van der Waals surface area contributed by atoms with Crippen molar-refractivity contribution in [1.29, 1.82) is 0 Å². The van der Waals surface area contributed by atoms with E-state index in [1.165, 1.54) is 11.3 Å². The van der Waals surface area contributed by atoms with Crippen molar-refractivity contribution in [3.05, 3.63) is 69.5 Å². The van der Waals surface area contributed by atoms with Crippen LogP contribution >= 0.6 is 27.3 Å². The monoisotopic (exact) mass is 431 g/mol. The van der Waals surface area contributed by atoms with Crippen molar-refractivity contribution in [2.24, 2.45) is 0 Å². The van der Waals surface area contributed by atoms with Gasteiger partial charge in [-0.2, -0.15) is 0 Å². The van der Waals surface area contributed by atoms with Crippen molar-refractivity contribution in [3.63, 3.8) is 0 Å². The molecule has 0 radical (unpaired) electrons. The van der Waals surface area contributed by atoms with Crippen LogP contribution in [0.15, 0.2) is 58.4 Å². The lowest BCUT2D eigenvalue weighted by Gasteiger charge is -2.07. The number of hydrogen-bond acceptors (Lipinski definition) is 4. The van der Waals surface area contributed by atoms with E-state index in [2.05, 4.69) is 21.2 Å². The highest BCUT2D eigenvalue weighted by Crippen LogP contribution is 2.36. The molecule has 0 saturated heterocycles. The number of nitrogens with one attached hydrogen (secondary N) is 1. The number of carbonyl (C=O) groups is 2. The van der Waals surface area contributed by atoms with Gasteiger partial charge in [-0.05, 0) is 42.0 Å². The number of anilines is 1. The van der Waals surface area contributed by atoms with E-state index in [1.807, 2.05) is 24.3 Å². The Kier molecular flexibility index (Phi) is 5.39. The summed E-state index contributed by atoms with van der Waals surface area (Å²) in [5.41, 5.74) is 1.56. The van der Waals surface area contributed by atoms with E-state index in [0.29, 0.717) is 16.2 Å². The van der Waals surface area contributed by atoms with E-state index in [1.54, 1.807) is 36.8 Å². The van der Waals surface area contributed by atoms with Crippen LogP contribution in [-0.4, -0.2) is 24.1 Å². The highest BCUT2D eigenvalue weighted by Gasteiger charge is 2.21. The number of thiophene rings is 1. The number of carboxylic acid groups (broad SMARTS) is 1. The first-order valence-corrected chi connectivity index (χ1v) is 9.23. The number of methoxy groups -OCH3 is 1. The molecule has 0 aliphatic rings. The molecular weight excluding hydrogens is 418 g/mol. The summed E-state index contributed by atoms with van der Waals surface area (Å²) >= 11 is 4.64. The molecule has 0 atom stereocenters. The van der Waals surface area contributed by atoms with Crippen LogP contribution in [0.1, 0.15) is 20.7 Å². The standard InChI is InChI=1S/C19H14BrNO4S/c1-25-14-8-4-12(5-9-14)18(22)21-15-10-26-17(16(15)19(23)24)11-2-6-13(20)7-3-11/h2-10H,1H3,(H,21,22)(H,23,24). The number of halogens is 1. The van der Waals surface area contributed by atoms with Crippen LogP contribution in [0.4, 0.5) is 5.69 Å². The fourth-order valence-electron chi connectivity index (χ4n) is 2.41. The van der Waals surface area contributed by atoms with Gasteiger partial charge in [0.15, 0.2) is 0 Å². The summed E-state index contributed by atoms with van der Waals surface area (Å²) in [4.78, 5) is 24.8. The van der Waals surface area contributed by atoms with Crippen molar-refractivity contribution >= 4 is 44.8 Å². The molecule has 0 spiro atoms. The third-order valence-electron chi connectivity index (χ3n) is 3.71. The summed E-state index contributed by atoms with van der Waals surface area (Å²) in [5.74, 6) is -0.828. The van der Waals surface area contributed by atoms with Gasteiger partial charge in [0.1, 0.15) is 11.3 Å². The maximum atomic E-state index is 12.4. The van der Waals surface area contributed by atoms with Gasteiger partial charge in [0.05, 0.1) is 17.7 Å². The van der Waals surface area contributed by atoms with Crippen LogP contribution in [0.2, 0.25) is 0 Å². The molecule has 0 saturated carbocycles. The Morgan fingerprint density at radius 1 is 1.08 bits per heavy atom. The minimum absolute atomic E-state index is 0.0826. The fraction of sp³-hybridized carbons (Fsp3) is 0.0526. The first kappa shape index (κ1) is 18.2. The Morgan fingerprint density at radius 2 is 1.73 bits per heavy atom. The molecule has 132 valence electrons. The third kappa shape index (κ3) is 3.79. The lowest BCUT2D eigenvalue weighted by molar-refractivity contribution is 0.0699. The quantitative estimate of drug-likeness (QED) is 0.586. The van der Waals surface area contributed by atoms with Gasteiger partial charge in [-0.3, -0.25) is 4.79 Å². The SMILES string of the molecule is COc1ccc(C(=O)Nc2csc(-c3ccc(Br)cc3)c2C(=O)O)cc1. The summed E-state index contributed by atoms with van der Waals surface area (Å²) < 4.78 is 5.97. The van der Waals surface area contributed by atoms with Crippen molar-refractivity contribution < 1.29 is 19.4 Å². The lowest BCUT2D eigenvalue weighted by Crippen LogP contribution is -2.13. The largest absolute Gasteiger partial charge is 0.497 e. The second-order valence-electron chi connectivity index (χ2n) is 5.35. The average molecular weight is 432 g/mol. The smallest absolute Gasteiger partial charge is 0.339 e. The highest BCUT2D eigenvalue weighted by atomic mass is 79.9. The molecule has 2 aromatic carbocycles. The molecule has 5 nitrogen and oxygen atoms in total. The number of ether oxygens (including phenoxy) is 1. The van der Waals surface area contributed by atoms with E-state index in [9.17, 15) is 14.7 Å². The number of carbonyl (C=O) groups excluding carboxylic acids is 1. The van der Waals surface area contributed by atoms with Crippen molar-refractivity contribution in [1.82, 2.24) is 0 Å². The molecule has 3 aromatic rings. The van der Waals surface area contributed by atoms with Gasteiger partial charge in [-0.25, -0.2) is 4.79 Å².